The molecule has 2 N–H and O–H groups in total. The predicted molar refractivity (Wildman–Crippen MR) is 96.6 cm³/mol. The summed E-state index contributed by atoms with van der Waals surface area (Å²) in [6.45, 7) is 2.68. The van der Waals surface area contributed by atoms with Gasteiger partial charge in [0, 0.05) is 11.4 Å². The summed E-state index contributed by atoms with van der Waals surface area (Å²) in [7, 11) is 0. The number of carbonyl (C=O) groups excluding carboxylic acids is 2. The number of anilines is 1. The van der Waals surface area contributed by atoms with Crippen LogP contribution in [0, 0.1) is 5.92 Å². The lowest BCUT2D eigenvalue weighted by molar-refractivity contribution is -0.148. The van der Waals surface area contributed by atoms with Gasteiger partial charge in [-0.3, -0.25) is 10.1 Å². The first-order valence-corrected chi connectivity index (χ1v) is 9.21. The largest absolute Gasteiger partial charge is 0.466 e. The lowest BCUT2D eigenvalue weighted by Crippen LogP contribution is -2.28. The van der Waals surface area contributed by atoms with E-state index in [0.29, 0.717) is 24.7 Å². The van der Waals surface area contributed by atoms with Crippen LogP contribution in [0.1, 0.15) is 29.5 Å². The molecule has 1 aromatic carbocycles. The average molecular weight is 359 g/mol. The molecule has 0 bridgehead atoms. The zero-order valence-electron chi connectivity index (χ0n) is 14.1. The Labute approximate surface area is 150 Å². The molecule has 0 saturated carbocycles. The van der Waals surface area contributed by atoms with Gasteiger partial charge >= 0.3 is 12.0 Å². The Morgan fingerprint density at radius 2 is 2.12 bits per heavy atom. The Balaban J connectivity index is 1.55. The summed E-state index contributed by atoms with van der Waals surface area (Å²) in [6, 6.07) is 9.44. The van der Waals surface area contributed by atoms with Gasteiger partial charge in [-0.15, -0.1) is 11.3 Å². The number of thiazole rings is 1. The minimum absolute atomic E-state index is 0.104. The normalized spacial score (nSPS) is 16.0. The van der Waals surface area contributed by atoms with Crippen molar-refractivity contribution < 1.29 is 14.3 Å². The molecule has 0 saturated heterocycles. The number of hydrogen-bond donors (Lipinski definition) is 2. The SMILES string of the molecule is CCOC(=O)C1CCc2nc(NC(=O)NCc3ccccc3)sc2C1. The van der Waals surface area contributed by atoms with Gasteiger partial charge < -0.3 is 10.1 Å². The minimum Gasteiger partial charge on any atom is -0.466 e. The van der Waals surface area contributed by atoms with Gasteiger partial charge in [-0.2, -0.15) is 0 Å². The molecular weight excluding hydrogens is 338 g/mol. The molecule has 1 aliphatic rings. The molecule has 1 atom stereocenters. The Kier molecular flexibility index (Phi) is 5.65. The Morgan fingerprint density at radius 3 is 2.88 bits per heavy atom. The number of fused-ring (bicyclic) bond motifs is 1. The van der Waals surface area contributed by atoms with Crippen LogP contribution in [0.15, 0.2) is 30.3 Å². The van der Waals surface area contributed by atoms with Crippen LogP contribution >= 0.6 is 11.3 Å². The van der Waals surface area contributed by atoms with Crippen LogP contribution in [-0.4, -0.2) is 23.6 Å². The number of nitrogens with one attached hydrogen (secondary N) is 2. The van der Waals surface area contributed by atoms with Crippen LogP contribution in [0.4, 0.5) is 9.93 Å². The Morgan fingerprint density at radius 1 is 1.32 bits per heavy atom. The van der Waals surface area contributed by atoms with E-state index in [9.17, 15) is 9.59 Å². The van der Waals surface area contributed by atoms with Crippen molar-refractivity contribution in [2.45, 2.75) is 32.7 Å². The Hall–Kier alpha value is -2.41. The molecule has 6 nitrogen and oxygen atoms in total. The van der Waals surface area contributed by atoms with Crippen molar-refractivity contribution in [2.24, 2.45) is 5.92 Å². The first-order valence-electron chi connectivity index (χ1n) is 8.39. The fourth-order valence-electron chi connectivity index (χ4n) is 2.81. The summed E-state index contributed by atoms with van der Waals surface area (Å²) < 4.78 is 5.11. The van der Waals surface area contributed by atoms with E-state index < -0.39 is 0 Å². The summed E-state index contributed by atoms with van der Waals surface area (Å²) in [6.07, 6.45) is 2.12. The average Bonchev–Trinajstić information content (AvgIpc) is 3.02. The number of aryl methyl sites for hydroxylation is 1. The summed E-state index contributed by atoms with van der Waals surface area (Å²) in [5.74, 6) is -0.246. The number of ether oxygens (including phenoxy) is 1. The van der Waals surface area contributed by atoms with Crippen molar-refractivity contribution >= 4 is 28.5 Å². The second kappa shape index (κ2) is 8.11. The van der Waals surface area contributed by atoms with Crippen molar-refractivity contribution in [3.63, 3.8) is 0 Å². The second-order valence-electron chi connectivity index (χ2n) is 5.87. The molecule has 3 rings (SSSR count). The van der Waals surface area contributed by atoms with E-state index in [-0.39, 0.29) is 17.9 Å². The van der Waals surface area contributed by atoms with Crippen LogP contribution in [0.2, 0.25) is 0 Å². The molecule has 2 aromatic rings. The number of aromatic nitrogens is 1. The van der Waals surface area contributed by atoms with Crippen LogP contribution in [0.3, 0.4) is 0 Å². The van der Waals surface area contributed by atoms with Gasteiger partial charge in [0.05, 0.1) is 18.2 Å². The predicted octanol–water partition coefficient (Wildman–Crippen LogP) is 3.13. The molecule has 0 fully saturated rings. The molecule has 0 radical (unpaired) electrons. The van der Waals surface area contributed by atoms with Crippen molar-refractivity contribution in [1.29, 1.82) is 0 Å². The lowest BCUT2D eigenvalue weighted by Gasteiger charge is -2.18. The molecule has 132 valence electrons. The third-order valence-electron chi connectivity index (χ3n) is 4.08. The van der Waals surface area contributed by atoms with Gasteiger partial charge in [0.15, 0.2) is 5.13 Å². The lowest BCUT2D eigenvalue weighted by atomic mass is 9.91. The molecule has 7 heteroatoms. The highest BCUT2D eigenvalue weighted by molar-refractivity contribution is 7.15. The Bertz CT molecular complexity index is 745. The van der Waals surface area contributed by atoms with E-state index in [1.165, 1.54) is 11.3 Å². The number of urea groups is 1. The van der Waals surface area contributed by atoms with Gasteiger partial charge in [-0.05, 0) is 31.7 Å². The number of carbonyl (C=O) groups is 2. The van der Waals surface area contributed by atoms with E-state index in [1.807, 2.05) is 37.3 Å². The van der Waals surface area contributed by atoms with E-state index in [1.54, 1.807) is 0 Å². The number of esters is 1. The van der Waals surface area contributed by atoms with Crippen LogP contribution in [-0.2, 0) is 28.9 Å². The maximum atomic E-state index is 12.0. The summed E-state index contributed by atoms with van der Waals surface area (Å²) in [4.78, 5) is 29.5. The van der Waals surface area contributed by atoms with Gasteiger partial charge in [-0.25, -0.2) is 9.78 Å². The highest BCUT2D eigenvalue weighted by Gasteiger charge is 2.28. The fourth-order valence-corrected chi connectivity index (χ4v) is 3.89. The summed E-state index contributed by atoms with van der Waals surface area (Å²) in [5.41, 5.74) is 2.01. The summed E-state index contributed by atoms with van der Waals surface area (Å²) in [5, 5.41) is 6.16. The zero-order valence-corrected chi connectivity index (χ0v) is 14.9. The van der Waals surface area contributed by atoms with Gasteiger partial charge in [0.25, 0.3) is 0 Å². The van der Waals surface area contributed by atoms with E-state index in [4.69, 9.17) is 4.74 Å². The fraction of sp³-hybridized carbons (Fsp3) is 0.389. The molecule has 1 unspecified atom stereocenters. The highest BCUT2D eigenvalue weighted by atomic mass is 32.1. The third-order valence-corrected chi connectivity index (χ3v) is 5.11. The summed E-state index contributed by atoms with van der Waals surface area (Å²) >= 11 is 1.43. The maximum Gasteiger partial charge on any atom is 0.321 e. The first-order chi connectivity index (χ1) is 12.2. The van der Waals surface area contributed by atoms with Crippen molar-refractivity contribution in [3.8, 4) is 0 Å². The number of amides is 2. The van der Waals surface area contributed by atoms with E-state index in [0.717, 1.165) is 29.0 Å². The second-order valence-corrected chi connectivity index (χ2v) is 6.96. The monoisotopic (exact) mass is 359 g/mol. The third kappa shape index (κ3) is 4.57. The minimum atomic E-state index is -0.281. The van der Waals surface area contributed by atoms with Crippen molar-refractivity contribution in [1.82, 2.24) is 10.3 Å². The number of benzene rings is 1. The highest BCUT2D eigenvalue weighted by Crippen LogP contribution is 2.32. The van der Waals surface area contributed by atoms with Gasteiger partial charge in [-0.1, -0.05) is 30.3 Å². The smallest absolute Gasteiger partial charge is 0.321 e. The van der Waals surface area contributed by atoms with Gasteiger partial charge in [0.1, 0.15) is 0 Å². The molecular formula is C18H21N3O3S. The van der Waals surface area contributed by atoms with Crippen LogP contribution in [0.25, 0.3) is 0 Å². The standard InChI is InChI=1S/C18H21N3O3S/c1-2-24-16(22)13-8-9-14-15(10-13)25-18(20-14)21-17(23)19-11-12-6-4-3-5-7-12/h3-7,13H,2,8-11H2,1H3,(H2,19,20,21,23). The topological polar surface area (TPSA) is 80.3 Å². The maximum absolute atomic E-state index is 12.0. The first kappa shape index (κ1) is 17.4. The number of hydrogen-bond acceptors (Lipinski definition) is 5. The van der Waals surface area contributed by atoms with Crippen LogP contribution in [0.5, 0.6) is 0 Å². The molecule has 0 aliphatic heterocycles. The van der Waals surface area contributed by atoms with E-state index >= 15 is 0 Å². The number of rotatable bonds is 5. The van der Waals surface area contributed by atoms with Crippen molar-refractivity contribution in [2.75, 3.05) is 11.9 Å². The molecule has 2 amide bonds. The molecule has 0 spiro atoms. The molecule has 25 heavy (non-hydrogen) atoms. The zero-order chi connectivity index (χ0) is 17.6. The number of nitrogens with zero attached hydrogens (tertiary/aromatic N) is 1. The quantitative estimate of drug-likeness (QED) is 0.804. The van der Waals surface area contributed by atoms with Crippen LogP contribution < -0.4 is 10.6 Å². The van der Waals surface area contributed by atoms with Crippen molar-refractivity contribution in [3.05, 3.63) is 46.5 Å². The van der Waals surface area contributed by atoms with Gasteiger partial charge in [0.2, 0.25) is 0 Å². The van der Waals surface area contributed by atoms with E-state index in [2.05, 4.69) is 15.6 Å². The molecule has 1 aromatic heterocycles. The molecule has 1 aliphatic carbocycles. The molecule has 1 heterocycles.